The number of hydrogen-bond donors (Lipinski definition) is 2. The zero-order chi connectivity index (χ0) is 14.7. The molecule has 0 radical (unpaired) electrons. The molecule has 20 heavy (non-hydrogen) atoms. The Bertz CT molecular complexity index is 667. The Morgan fingerprint density at radius 1 is 1.00 bits per heavy atom. The third-order valence-electron chi connectivity index (χ3n) is 3.25. The van der Waals surface area contributed by atoms with Gasteiger partial charge in [0.2, 0.25) is 0 Å². The summed E-state index contributed by atoms with van der Waals surface area (Å²) in [4.78, 5) is 11.4. The van der Waals surface area contributed by atoms with E-state index < -0.39 is 5.97 Å². The van der Waals surface area contributed by atoms with Crippen LogP contribution >= 0.6 is 0 Å². The van der Waals surface area contributed by atoms with Crippen molar-refractivity contribution in [3.05, 3.63) is 64.7 Å². The first kappa shape index (κ1) is 13.9. The van der Waals surface area contributed by atoms with Gasteiger partial charge in [-0.15, -0.1) is 0 Å². The summed E-state index contributed by atoms with van der Waals surface area (Å²) in [6.45, 7) is 3.95. The predicted octanol–water partition coefficient (Wildman–Crippen LogP) is 3.63. The number of phenolic OH excluding ortho intramolecular Hbond substituents is 1. The molecule has 3 heteroatoms. The van der Waals surface area contributed by atoms with Crippen LogP contribution in [-0.2, 0) is 4.79 Å². The highest BCUT2D eigenvalue weighted by molar-refractivity contribution is 6.20. The molecule has 0 aliphatic rings. The maximum absolute atomic E-state index is 11.4. The van der Waals surface area contributed by atoms with E-state index in [9.17, 15) is 15.0 Å². The molecular formula is C17H16O3. The van der Waals surface area contributed by atoms with Crippen LogP contribution in [0.2, 0.25) is 0 Å². The second-order valence-corrected chi connectivity index (χ2v) is 4.75. The molecular weight excluding hydrogens is 252 g/mol. The van der Waals surface area contributed by atoms with Gasteiger partial charge in [-0.3, -0.25) is 0 Å². The number of carboxylic acid groups (broad SMARTS) is 1. The van der Waals surface area contributed by atoms with E-state index in [1.807, 2.05) is 32.0 Å². The van der Waals surface area contributed by atoms with Gasteiger partial charge >= 0.3 is 5.97 Å². The van der Waals surface area contributed by atoms with E-state index in [0.717, 1.165) is 16.7 Å². The molecule has 3 nitrogen and oxygen atoms in total. The number of hydrogen-bond acceptors (Lipinski definition) is 2. The maximum atomic E-state index is 11.4. The average Bonchev–Trinajstić information content (AvgIpc) is 2.41. The fourth-order valence-electron chi connectivity index (χ4n) is 1.91. The lowest BCUT2D eigenvalue weighted by Gasteiger charge is -2.07. The van der Waals surface area contributed by atoms with Crippen molar-refractivity contribution in [2.75, 3.05) is 0 Å². The molecule has 0 aliphatic heterocycles. The first-order valence-electron chi connectivity index (χ1n) is 6.29. The zero-order valence-electron chi connectivity index (χ0n) is 11.4. The summed E-state index contributed by atoms with van der Waals surface area (Å²) in [6, 6.07) is 12.0. The van der Waals surface area contributed by atoms with E-state index in [2.05, 4.69) is 0 Å². The van der Waals surface area contributed by atoms with Crippen molar-refractivity contribution in [1.82, 2.24) is 0 Å². The van der Waals surface area contributed by atoms with Crippen molar-refractivity contribution in [3.63, 3.8) is 0 Å². The molecule has 2 rings (SSSR count). The highest BCUT2D eigenvalue weighted by Gasteiger charge is 2.11. The molecule has 0 aromatic heterocycles. The minimum Gasteiger partial charge on any atom is -0.508 e. The highest BCUT2D eigenvalue weighted by atomic mass is 16.4. The molecule has 0 atom stereocenters. The smallest absolute Gasteiger partial charge is 0.336 e. The lowest BCUT2D eigenvalue weighted by Crippen LogP contribution is -2.00. The number of aryl methyl sites for hydroxylation is 2. The summed E-state index contributed by atoms with van der Waals surface area (Å²) in [5, 5.41) is 18.6. The zero-order valence-corrected chi connectivity index (χ0v) is 11.4. The van der Waals surface area contributed by atoms with Gasteiger partial charge in [-0.05, 0) is 54.3 Å². The Labute approximate surface area is 117 Å². The monoisotopic (exact) mass is 268 g/mol. The quantitative estimate of drug-likeness (QED) is 0.660. The third kappa shape index (κ3) is 3.06. The van der Waals surface area contributed by atoms with Crippen LogP contribution in [0.15, 0.2) is 42.5 Å². The van der Waals surface area contributed by atoms with Crippen LogP contribution < -0.4 is 0 Å². The fraction of sp³-hybridized carbons (Fsp3) is 0.118. The minimum absolute atomic E-state index is 0.158. The normalized spacial score (nSPS) is 11.4. The Morgan fingerprint density at radius 2 is 1.65 bits per heavy atom. The standard InChI is InChI=1S/C17H16O3/c1-11-3-6-14(9-12(11)2)16(17(19)20)10-13-4-7-15(18)8-5-13/h3-10,18H,1-2H3,(H,19,20)/b16-10-. The molecule has 0 bridgehead atoms. The maximum Gasteiger partial charge on any atom is 0.336 e. The summed E-state index contributed by atoms with van der Waals surface area (Å²) >= 11 is 0. The lowest BCUT2D eigenvalue weighted by atomic mass is 9.99. The Hall–Kier alpha value is -2.55. The summed E-state index contributed by atoms with van der Waals surface area (Å²) in [6.07, 6.45) is 1.60. The lowest BCUT2D eigenvalue weighted by molar-refractivity contribution is -0.130. The molecule has 0 aliphatic carbocycles. The van der Waals surface area contributed by atoms with Gasteiger partial charge in [-0.2, -0.15) is 0 Å². The van der Waals surface area contributed by atoms with Gasteiger partial charge in [-0.25, -0.2) is 4.79 Å². The molecule has 0 amide bonds. The second kappa shape index (κ2) is 5.61. The minimum atomic E-state index is -0.971. The summed E-state index contributed by atoms with van der Waals surface area (Å²) < 4.78 is 0. The largest absolute Gasteiger partial charge is 0.508 e. The van der Waals surface area contributed by atoms with Crippen LogP contribution in [0.3, 0.4) is 0 Å². The number of carbonyl (C=O) groups is 1. The molecule has 0 unspecified atom stereocenters. The van der Waals surface area contributed by atoms with Crippen LogP contribution in [0.1, 0.15) is 22.3 Å². The number of rotatable bonds is 3. The van der Waals surface area contributed by atoms with Crippen molar-refractivity contribution >= 4 is 17.6 Å². The van der Waals surface area contributed by atoms with Crippen LogP contribution in [0.5, 0.6) is 5.75 Å². The van der Waals surface area contributed by atoms with E-state index in [4.69, 9.17) is 0 Å². The number of aromatic hydroxyl groups is 1. The predicted molar refractivity (Wildman–Crippen MR) is 79.5 cm³/mol. The van der Waals surface area contributed by atoms with Crippen LogP contribution in [-0.4, -0.2) is 16.2 Å². The first-order chi connectivity index (χ1) is 9.47. The molecule has 0 saturated heterocycles. The van der Waals surface area contributed by atoms with Gasteiger partial charge in [-0.1, -0.05) is 30.3 Å². The van der Waals surface area contributed by atoms with Crippen molar-refractivity contribution in [3.8, 4) is 5.75 Å². The third-order valence-corrected chi connectivity index (χ3v) is 3.25. The Morgan fingerprint density at radius 3 is 2.20 bits per heavy atom. The van der Waals surface area contributed by atoms with Crippen molar-refractivity contribution in [2.24, 2.45) is 0 Å². The van der Waals surface area contributed by atoms with E-state index in [0.29, 0.717) is 5.56 Å². The topological polar surface area (TPSA) is 57.5 Å². The van der Waals surface area contributed by atoms with Crippen molar-refractivity contribution in [1.29, 1.82) is 0 Å². The fourth-order valence-corrected chi connectivity index (χ4v) is 1.91. The number of carboxylic acids is 1. The number of benzene rings is 2. The number of aliphatic carboxylic acids is 1. The molecule has 2 aromatic carbocycles. The summed E-state index contributed by atoms with van der Waals surface area (Å²) in [5.74, 6) is -0.813. The molecule has 2 N–H and O–H groups in total. The second-order valence-electron chi connectivity index (χ2n) is 4.75. The van der Waals surface area contributed by atoms with Gasteiger partial charge in [0.05, 0.1) is 5.57 Å². The SMILES string of the molecule is Cc1ccc(/C(=C/c2ccc(O)cc2)C(=O)O)cc1C. The van der Waals surface area contributed by atoms with Crippen LogP contribution in [0.25, 0.3) is 11.6 Å². The molecule has 2 aromatic rings. The molecule has 0 fully saturated rings. The first-order valence-corrected chi connectivity index (χ1v) is 6.29. The van der Waals surface area contributed by atoms with E-state index in [1.165, 1.54) is 12.1 Å². The summed E-state index contributed by atoms with van der Waals surface area (Å²) in [7, 11) is 0. The van der Waals surface area contributed by atoms with Gasteiger partial charge in [0.25, 0.3) is 0 Å². The van der Waals surface area contributed by atoms with Crippen LogP contribution in [0, 0.1) is 13.8 Å². The van der Waals surface area contributed by atoms with Crippen LogP contribution in [0.4, 0.5) is 0 Å². The van der Waals surface area contributed by atoms with Crippen molar-refractivity contribution < 1.29 is 15.0 Å². The molecule has 0 spiro atoms. The van der Waals surface area contributed by atoms with E-state index >= 15 is 0 Å². The molecule has 102 valence electrons. The van der Waals surface area contributed by atoms with Gasteiger partial charge in [0, 0.05) is 0 Å². The van der Waals surface area contributed by atoms with E-state index in [-0.39, 0.29) is 11.3 Å². The van der Waals surface area contributed by atoms with E-state index in [1.54, 1.807) is 18.2 Å². The van der Waals surface area contributed by atoms with Gasteiger partial charge < -0.3 is 10.2 Å². The highest BCUT2D eigenvalue weighted by Crippen LogP contribution is 2.22. The van der Waals surface area contributed by atoms with Crippen molar-refractivity contribution in [2.45, 2.75) is 13.8 Å². The Balaban J connectivity index is 2.48. The molecule has 0 heterocycles. The number of phenols is 1. The average molecular weight is 268 g/mol. The molecule has 0 saturated carbocycles. The Kier molecular flexibility index (Phi) is 3.89. The van der Waals surface area contributed by atoms with Gasteiger partial charge in [0.1, 0.15) is 5.75 Å². The van der Waals surface area contributed by atoms with Gasteiger partial charge in [0.15, 0.2) is 0 Å². The summed E-state index contributed by atoms with van der Waals surface area (Å²) in [5.41, 5.74) is 3.83.